The highest BCUT2D eigenvalue weighted by Crippen LogP contribution is 2.15. The summed E-state index contributed by atoms with van der Waals surface area (Å²) in [5, 5.41) is 0. The number of hydrogen-bond acceptors (Lipinski definition) is 4. The first kappa shape index (κ1) is 9.75. The van der Waals surface area contributed by atoms with Crippen LogP contribution in [-0.2, 0) is 0 Å². The van der Waals surface area contributed by atoms with Gasteiger partial charge in [-0.15, -0.1) is 0 Å². The Labute approximate surface area is 82.9 Å². The quantitative estimate of drug-likeness (QED) is 0.422. The number of aromatic nitrogens is 1. The lowest BCUT2D eigenvalue weighted by Gasteiger charge is -2.02. The molecule has 13 heavy (non-hydrogen) atoms. The molecule has 0 spiro atoms. The number of nitrogens with zero attached hydrogens (tertiary/aromatic N) is 1. The second-order valence-corrected chi connectivity index (χ2v) is 2.87. The molecule has 0 aliphatic heterocycles. The maximum atomic E-state index is 5.59. The summed E-state index contributed by atoms with van der Waals surface area (Å²) in [7, 11) is 0. The van der Waals surface area contributed by atoms with Gasteiger partial charge in [-0.1, -0.05) is 11.8 Å². The van der Waals surface area contributed by atoms with E-state index >= 15 is 0 Å². The van der Waals surface area contributed by atoms with Crippen molar-refractivity contribution in [3.63, 3.8) is 0 Å². The first-order valence-electron chi connectivity index (χ1n) is 3.77. The fraction of sp³-hybridized carbons (Fsp3) is 0.222. The fourth-order valence-electron chi connectivity index (χ4n) is 0.901. The number of nitrogen functional groups attached to an aromatic ring is 2. The van der Waals surface area contributed by atoms with E-state index in [2.05, 4.69) is 29.5 Å². The first-order valence-corrected chi connectivity index (χ1v) is 4.40. The van der Waals surface area contributed by atoms with Crippen LogP contribution < -0.4 is 11.5 Å². The standard InChI is InChI=1S/C9H11N3S/c1-6-7(3-2-4-13)5-8(10)9(11)12-6/h5,13H,4,10H2,1H3,(H2,11,12). The Morgan fingerprint density at radius 1 is 1.54 bits per heavy atom. The number of rotatable bonds is 0. The zero-order chi connectivity index (χ0) is 9.84. The number of thiol groups is 1. The highest BCUT2D eigenvalue weighted by atomic mass is 32.1. The number of anilines is 2. The molecule has 0 aliphatic rings. The highest BCUT2D eigenvalue weighted by molar-refractivity contribution is 7.80. The van der Waals surface area contributed by atoms with Gasteiger partial charge < -0.3 is 11.5 Å². The van der Waals surface area contributed by atoms with Crippen molar-refractivity contribution in [2.75, 3.05) is 17.2 Å². The Kier molecular flexibility index (Phi) is 3.04. The van der Waals surface area contributed by atoms with Crippen molar-refractivity contribution < 1.29 is 0 Å². The van der Waals surface area contributed by atoms with Gasteiger partial charge in [-0.3, -0.25) is 0 Å². The molecule has 68 valence electrons. The molecule has 0 unspecified atom stereocenters. The molecule has 1 aromatic heterocycles. The van der Waals surface area contributed by atoms with E-state index < -0.39 is 0 Å². The smallest absolute Gasteiger partial charge is 0.146 e. The minimum absolute atomic E-state index is 0.355. The van der Waals surface area contributed by atoms with Crippen LogP contribution in [0.25, 0.3) is 0 Å². The van der Waals surface area contributed by atoms with Crippen LogP contribution in [-0.4, -0.2) is 10.7 Å². The van der Waals surface area contributed by atoms with E-state index in [1.54, 1.807) is 6.07 Å². The molecule has 0 amide bonds. The van der Waals surface area contributed by atoms with E-state index in [0.29, 0.717) is 17.3 Å². The van der Waals surface area contributed by atoms with Gasteiger partial charge in [0.15, 0.2) is 0 Å². The zero-order valence-electron chi connectivity index (χ0n) is 7.33. The highest BCUT2D eigenvalue weighted by Gasteiger charge is 2.01. The van der Waals surface area contributed by atoms with Gasteiger partial charge in [-0.2, -0.15) is 12.6 Å². The molecule has 0 saturated carbocycles. The Bertz CT molecular complexity index is 376. The molecule has 0 radical (unpaired) electrons. The minimum Gasteiger partial charge on any atom is -0.396 e. The molecule has 0 aromatic carbocycles. The van der Waals surface area contributed by atoms with Crippen LogP contribution in [0.3, 0.4) is 0 Å². The van der Waals surface area contributed by atoms with Crippen molar-refractivity contribution in [2.24, 2.45) is 0 Å². The molecule has 4 N–H and O–H groups in total. The number of nitrogens with two attached hydrogens (primary N) is 2. The van der Waals surface area contributed by atoms with E-state index in [0.717, 1.165) is 11.3 Å². The van der Waals surface area contributed by atoms with E-state index in [4.69, 9.17) is 11.5 Å². The molecule has 0 saturated heterocycles. The Morgan fingerprint density at radius 2 is 2.23 bits per heavy atom. The van der Waals surface area contributed by atoms with Crippen LogP contribution in [0.15, 0.2) is 6.07 Å². The van der Waals surface area contributed by atoms with Gasteiger partial charge in [-0.25, -0.2) is 4.98 Å². The molecule has 1 aromatic rings. The zero-order valence-corrected chi connectivity index (χ0v) is 8.23. The monoisotopic (exact) mass is 193 g/mol. The summed E-state index contributed by atoms with van der Waals surface area (Å²) < 4.78 is 0. The van der Waals surface area contributed by atoms with Crippen molar-refractivity contribution in [3.05, 3.63) is 17.3 Å². The maximum absolute atomic E-state index is 5.59. The SMILES string of the molecule is Cc1nc(N)c(N)cc1C#CCS. The fourth-order valence-corrected chi connectivity index (χ4v) is 0.980. The lowest BCUT2D eigenvalue weighted by atomic mass is 10.2. The number of hydrogen-bond donors (Lipinski definition) is 3. The maximum Gasteiger partial charge on any atom is 0.146 e. The summed E-state index contributed by atoms with van der Waals surface area (Å²) in [4.78, 5) is 4.05. The summed E-state index contributed by atoms with van der Waals surface area (Å²) in [6, 6.07) is 1.73. The average Bonchev–Trinajstić information content (AvgIpc) is 2.09. The van der Waals surface area contributed by atoms with Crippen molar-refractivity contribution in [1.29, 1.82) is 0 Å². The Hall–Kier alpha value is -1.34. The van der Waals surface area contributed by atoms with E-state index in [1.807, 2.05) is 6.92 Å². The van der Waals surface area contributed by atoms with Crippen molar-refractivity contribution in [2.45, 2.75) is 6.92 Å². The van der Waals surface area contributed by atoms with Crippen molar-refractivity contribution in [1.82, 2.24) is 4.98 Å². The predicted octanol–water partition coefficient (Wildman–Crippen LogP) is 0.836. The molecule has 3 nitrogen and oxygen atoms in total. The third-order valence-electron chi connectivity index (χ3n) is 1.58. The summed E-state index contributed by atoms with van der Waals surface area (Å²) in [5.41, 5.74) is 13.2. The van der Waals surface area contributed by atoms with Gasteiger partial charge in [0.2, 0.25) is 0 Å². The summed E-state index contributed by atoms with van der Waals surface area (Å²) in [6.45, 7) is 1.85. The molecule has 1 heterocycles. The number of pyridine rings is 1. The van der Waals surface area contributed by atoms with Gasteiger partial charge in [0, 0.05) is 5.56 Å². The van der Waals surface area contributed by atoms with Crippen LogP contribution >= 0.6 is 12.6 Å². The second-order valence-electron chi connectivity index (χ2n) is 2.56. The molecule has 0 bridgehead atoms. The Morgan fingerprint density at radius 3 is 2.85 bits per heavy atom. The third kappa shape index (κ3) is 2.30. The minimum atomic E-state index is 0.355. The molecule has 0 aliphatic carbocycles. The normalized spacial score (nSPS) is 9.08. The second kappa shape index (κ2) is 4.06. The van der Waals surface area contributed by atoms with Gasteiger partial charge in [0.05, 0.1) is 17.1 Å². The van der Waals surface area contributed by atoms with Crippen molar-refractivity contribution in [3.8, 4) is 11.8 Å². The number of aryl methyl sites for hydroxylation is 1. The summed E-state index contributed by atoms with van der Waals surface area (Å²) in [5.74, 6) is 6.61. The van der Waals surface area contributed by atoms with Crippen LogP contribution in [0.5, 0.6) is 0 Å². The Balaban J connectivity index is 3.16. The first-order chi connectivity index (χ1) is 6.15. The van der Waals surface area contributed by atoms with Gasteiger partial charge in [0.25, 0.3) is 0 Å². The van der Waals surface area contributed by atoms with Crippen LogP contribution in [0, 0.1) is 18.8 Å². The van der Waals surface area contributed by atoms with Gasteiger partial charge in [0.1, 0.15) is 5.82 Å². The molecule has 1 rings (SSSR count). The van der Waals surface area contributed by atoms with Crippen LogP contribution in [0.2, 0.25) is 0 Å². The topological polar surface area (TPSA) is 64.9 Å². The lowest BCUT2D eigenvalue weighted by Crippen LogP contribution is -2.01. The third-order valence-corrected chi connectivity index (χ3v) is 1.73. The van der Waals surface area contributed by atoms with E-state index in [9.17, 15) is 0 Å². The molecular formula is C9H11N3S. The lowest BCUT2D eigenvalue weighted by molar-refractivity contribution is 1.20. The molecule has 4 heteroatoms. The largest absolute Gasteiger partial charge is 0.396 e. The average molecular weight is 193 g/mol. The van der Waals surface area contributed by atoms with Gasteiger partial charge >= 0.3 is 0 Å². The van der Waals surface area contributed by atoms with Gasteiger partial charge in [-0.05, 0) is 13.0 Å². The molecule has 0 atom stereocenters. The van der Waals surface area contributed by atoms with Crippen LogP contribution in [0.1, 0.15) is 11.3 Å². The summed E-state index contributed by atoms with van der Waals surface area (Å²) in [6.07, 6.45) is 0. The van der Waals surface area contributed by atoms with Crippen LogP contribution in [0.4, 0.5) is 11.5 Å². The summed E-state index contributed by atoms with van der Waals surface area (Å²) >= 11 is 3.98. The molecular weight excluding hydrogens is 182 g/mol. The molecule has 0 fully saturated rings. The van der Waals surface area contributed by atoms with E-state index in [-0.39, 0.29) is 0 Å². The van der Waals surface area contributed by atoms with E-state index in [1.165, 1.54) is 0 Å². The predicted molar refractivity (Wildman–Crippen MR) is 58.5 cm³/mol. The van der Waals surface area contributed by atoms with Crippen molar-refractivity contribution >= 4 is 24.1 Å².